The lowest BCUT2D eigenvalue weighted by molar-refractivity contribution is 0.335. The van der Waals surface area contributed by atoms with Crippen LogP contribution in [-0.2, 0) is 6.54 Å². The lowest BCUT2D eigenvalue weighted by Crippen LogP contribution is -2.28. The maximum Gasteiger partial charge on any atom is 0.117 e. The highest BCUT2D eigenvalue weighted by Gasteiger charge is 2.14. The van der Waals surface area contributed by atoms with Crippen molar-refractivity contribution >= 4 is 0 Å². The molecule has 0 amide bonds. The first-order chi connectivity index (χ1) is 7.03. The lowest BCUT2D eigenvalue weighted by Gasteiger charge is -2.21. The summed E-state index contributed by atoms with van der Waals surface area (Å²) in [6.45, 7) is 8.84. The second-order valence-electron chi connectivity index (χ2n) is 4.81. The van der Waals surface area contributed by atoms with Crippen molar-refractivity contribution in [1.29, 1.82) is 0 Å². The van der Waals surface area contributed by atoms with E-state index in [4.69, 9.17) is 10.2 Å². The molecule has 0 fully saturated rings. The van der Waals surface area contributed by atoms with Crippen molar-refractivity contribution in [3.63, 3.8) is 0 Å². The number of furan rings is 1. The zero-order valence-electron chi connectivity index (χ0n) is 9.97. The molecule has 3 heteroatoms. The fraction of sp³-hybridized carbons (Fsp3) is 0.667. The van der Waals surface area contributed by atoms with Gasteiger partial charge >= 0.3 is 0 Å². The molecule has 1 aromatic rings. The molecule has 3 nitrogen and oxygen atoms in total. The third-order valence-electron chi connectivity index (χ3n) is 2.63. The summed E-state index contributed by atoms with van der Waals surface area (Å²) < 4.78 is 5.45. The van der Waals surface area contributed by atoms with E-state index < -0.39 is 0 Å². The average molecular weight is 210 g/mol. The summed E-state index contributed by atoms with van der Waals surface area (Å²) in [5.74, 6) is 1.96. The van der Waals surface area contributed by atoms with Crippen molar-refractivity contribution in [3.8, 4) is 0 Å². The van der Waals surface area contributed by atoms with E-state index >= 15 is 0 Å². The Kier molecular flexibility index (Phi) is 4.36. The first kappa shape index (κ1) is 12.3. The molecule has 0 spiro atoms. The first-order valence-electron chi connectivity index (χ1n) is 5.49. The highest BCUT2D eigenvalue weighted by atomic mass is 16.3. The van der Waals surface area contributed by atoms with Crippen molar-refractivity contribution in [2.24, 2.45) is 11.1 Å². The minimum Gasteiger partial charge on any atom is -0.465 e. The molecular formula is C12H22N2O. The van der Waals surface area contributed by atoms with E-state index in [1.807, 2.05) is 19.1 Å². The molecule has 0 bridgehead atoms. The van der Waals surface area contributed by atoms with Gasteiger partial charge in [0.25, 0.3) is 0 Å². The van der Waals surface area contributed by atoms with E-state index in [2.05, 4.69) is 19.2 Å². The van der Waals surface area contributed by atoms with Crippen LogP contribution in [0.4, 0.5) is 0 Å². The number of hydrogen-bond donors (Lipinski definition) is 2. The Hall–Kier alpha value is -0.800. The van der Waals surface area contributed by atoms with Crippen LogP contribution in [0.3, 0.4) is 0 Å². The Bertz CT molecular complexity index is 292. The van der Waals surface area contributed by atoms with Gasteiger partial charge in [0.1, 0.15) is 11.5 Å². The fourth-order valence-corrected chi connectivity index (χ4v) is 1.32. The van der Waals surface area contributed by atoms with Crippen molar-refractivity contribution in [2.75, 3.05) is 13.1 Å². The number of hydrogen-bond acceptors (Lipinski definition) is 3. The smallest absolute Gasteiger partial charge is 0.117 e. The van der Waals surface area contributed by atoms with E-state index in [0.29, 0.717) is 0 Å². The van der Waals surface area contributed by atoms with Crippen LogP contribution in [0.1, 0.15) is 31.8 Å². The zero-order valence-corrected chi connectivity index (χ0v) is 9.97. The van der Waals surface area contributed by atoms with Crippen LogP contribution in [0.25, 0.3) is 0 Å². The molecule has 0 atom stereocenters. The van der Waals surface area contributed by atoms with Gasteiger partial charge in [-0.15, -0.1) is 0 Å². The van der Waals surface area contributed by atoms with Crippen LogP contribution < -0.4 is 11.1 Å². The topological polar surface area (TPSA) is 51.2 Å². The maximum atomic E-state index is 5.66. The van der Waals surface area contributed by atoms with E-state index in [0.717, 1.165) is 37.6 Å². The largest absolute Gasteiger partial charge is 0.465 e. The lowest BCUT2D eigenvalue weighted by atomic mass is 9.90. The summed E-state index contributed by atoms with van der Waals surface area (Å²) >= 11 is 0. The van der Waals surface area contributed by atoms with Crippen molar-refractivity contribution in [1.82, 2.24) is 5.32 Å². The molecular weight excluding hydrogens is 188 g/mol. The van der Waals surface area contributed by atoms with E-state index in [1.165, 1.54) is 0 Å². The van der Waals surface area contributed by atoms with Crippen LogP contribution in [0.5, 0.6) is 0 Å². The second kappa shape index (κ2) is 5.33. The van der Waals surface area contributed by atoms with Crippen LogP contribution in [0.2, 0.25) is 0 Å². The second-order valence-corrected chi connectivity index (χ2v) is 4.81. The van der Waals surface area contributed by atoms with Gasteiger partial charge in [0.05, 0.1) is 6.54 Å². The predicted octanol–water partition coefficient (Wildman–Crippen LogP) is 2.05. The number of nitrogens with one attached hydrogen (secondary N) is 1. The third kappa shape index (κ3) is 4.49. The van der Waals surface area contributed by atoms with Gasteiger partial charge in [-0.25, -0.2) is 0 Å². The molecule has 0 unspecified atom stereocenters. The molecule has 15 heavy (non-hydrogen) atoms. The summed E-state index contributed by atoms with van der Waals surface area (Å²) in [6, 6.07) is 4.00. The highest BCUT2D eigenvalue weighted by molar-refractivity contribution is 5.05. The molecule has 86 valence electrons. The molecule has 1 aromatic heterocycles. The van der Waals surface area contributed by atoms with Gasteiger partial charge < -0.3 is 15.5 Å². The Morgan fingerprint density at radius 2 is 2.13 bits per heavy atom. The summed E-state index contributed by atoms with van der Waals surface area (Å²) in [4.78, 5) is 0. The van der Waals surface area contributed by atoms with Gasteiger partial charge in [-0.2, -0.15) is 0 Å². The minimum atomic E-state index is 0.228. The molecule has 0 saturated carbocycles. The predicted molar refractivity (Wildman–Crippen MR) is 62.6 cm³/mol. The van der Waals surface area contributed by atoms with Crippen LogP contribution >= 0.6 is 0 Å². The van der Waals surface area contributed by atoms with Gasteiger partial charge in [0.15, 0.2) is 0 Å². The summed E-state index contributed by atoms with van der Waals surface area (Å²) in [7, 11) is 0. The first-order valence-corrected chi connectivity index (χ1v) is 5.49. The maximum absolute atomic E-state index is 5.66. The molecule has 0 aromatic carbocycles. The molecule has 0 saturated heterocycles. The monoisotopic (exact) mass is 210 g/mol. The van der Waals surface area contributed by atoms with Crippen molar-refractivity contribution in [2.45, 2.75) is 33.7 Å². The number of aryl methyl sites for hydroxylation is 1. The standard InChI is InChI=1S/C12H22N2O/c1-10-4-5-11(15-10)8-14-7-6-12(2,3)9-13/h4-5,14H,6-9,13H2,1-3H3. The Balaban J connectivity index is 2.17. The summed E-state index contributed by atoms with van der Waals surface area (Å²) in [5.41, 5.74) is 5.88. The SMILES string of the molecule is Cc1ccc(CNCCC(C)(C)CN)o1. The van der Waals surface area contributed by atoms with Gasteiger partial charge in [-0.05, 0) is 44.0 Å². The third-order valence-corrected chi connectivity index (χ3v) is 2.63. The van der Waals surface area contributed by atoms with Crippen molar-refractivity contribution in [3.05, 3.63) is 23.7 Å². The van der Waals surface area contributed by atoms with Crippen molar-refractivity contribution < 1.29 is 4.42 Å². The molecule has 1 rings (SSSR count). The quantitative estimate of drug-likeness (QED) is 0.707. The minimum absolute atomic E-state index is 0.228. The van der Waals surface area contributed by atoms with Gasteiger partial charge in [-0.3, -0.25) is 0 Å². The number of rotatable bonds is 6. The zero-order chi connectivity index (χ0) is 11.3. The van der Waals surface area contributed by atoms with Gasteiger partial charge in [-0.1, -0.05) is 13.8 Å². The molecule has 0 radical (unpaired) electrons. The summed E-state index contributed by atoms with van der Waals surface area (Å²) in [5, 5.41) is 3.36. The highest BCUT2D eigenvalue weighted by Crippen LogP contribution is 2.16. The van der Waals surface area contributed by atoms with E-state index in [1.54, 1.807) is 0 Å². The van der Waals surface area contributed by atoms with Crippen LogP contribution in [0.15, 0.2) is 16.5 Å². The normalized spacial score (nSPS) is 12.0. The van der Waals surface area contributed by atoms with Crippen LogP contribution in [-0.4, -0.2) is 13.1 Å². The summed E-state index contributed by atoms with van der Waals surface area (Å²) in [6.07, 6.45) is 1.09. The molecule has 0 aliphatic carbocycles. The number of nitrogens with two attached hydrogens (primary N) is 1. The van der Waals surface area contributed by atoms with E-state index in [9.17, 15) is 0 Å². The van der Waals surface area contributed by atoms with Crippen LogP contribution in [0, 0.1) is 12.3 Å². The fourth-order valence-electron chi connectivity index (χ4n) is 1.32. The van der Waals surface area contributed by atoms with Gasteiger partial charge in [0, 0.05) is 0 Å². The molecule has 0 aliphatic rings. The molecule has 0 aliphatic heterocycles. The molecule has 3 N–H and O–H groups in total. The Morgan fingerprint density at radius 3 is 2.67 bits per heavy atom. The van der Waals surface area contributed by atoms with Gasteiger partial charge in [0.2, 0.25) is 0 Å². The Morgan fingerprint density at radius 1 is 1.40 bits per heavy atom. The molecule has 1 heterocycles. The van der Waals surface area contributed by atoms with E-state index in [-0.39, 0.29) is 5.41 Å². The average Bonchev–Trinajstić information content (AvgIpc) is 2.59. The Labute approximate surface area is 92.0 Å².